The molecule has 5 rings (SSSR count). The first-order valence-corrected chi connectivity index (χ1v) is 10.9. The molecule has 0 amide bonds. The second-order valence-corrected chi connectivity index (χ2v) is 9.06. The van der Waals surface area contributed by atoms with Crippen LogP contribution in [-0.2, 0) is 9.47 Å². The molecule has 2 fully saturated rings. The van der Waals surface area contributed by atoms with E-state index in [1.54, 1.807) is 12.1 Å². The van der Waals surface area contributed by atoms with Gasteiger partial charge in [0, 0.05) is 34.8 Å². The lowest BCUT2D eigenvalue weighted by Gasteiger charge is -2.51. The van der Waals surface area contributed by atoms with Gasteiger partial charge in [0.15, 0.2) is 6.29 Å². The highest BCUT2D eigenvalue weighted by atomic mass is 16.7. The molecule has 7 heteroatoms. The molecule has 0 radical (unpaired) electrons. The van der Waals surface area contributed by atoms with Crippen LogP contribution < -0.4 is 9.47 Å². The van der Waals surface area contributed by atoms with Crippen molar-refractivity contribution in [1.29, 1.82) is 0 Å². The second kappa shape index (κ2) is 7.00. The van der Waals surface area contributed by atoms with E-state index in [0.717, 1.165) is 18.4 Å². The van der Waals surface area contributed by atoms with Crippen molar-refractivity contribution in [2.45, 2.75) is 51.6 Å². The molecule has 2 N–H and O–H groups in total. The Bertz CT molecular complexity index is 1060. The van der Waals surface area contributed by atoms with Gasteiger partial charge in [0.05, 0.1) is 13.2 Å². The summed E-state index contributed by atoms with van der Waals surface area (Å²) in [5, 5.41) is 21.3. The van der Waals surface area contributed by atoms with Gasteiger partial charge in [-0.2, -0.15) is 0 Å². The van der Waals surface area contributed by atoms with Crippen LogP contribution in [0.1, 0.15) is 55.6 Å². The molecule has 166 valence electrons. The molecule has 7 nitrogen and oxygen atoms in total. The van der Waals surface area contributed by atoms with Crippen LogP contribution in [-0.4, -0.2) is 41.8 Å². The van der Waals surface area contributed by atoms with Crippen LogP contribution >= 0.6 is 0 Å². The summed E-state index contributed by atoms with van der Waals surface area (Å²) in [5.74, 6) is 0.297. The Labute approximate surface area is 180 Å². The predicted octanol–water partition coefficient (Wildman–Crippen LogP) is 4.50. The summed E-state index contributed by atoms with van der Waals surface area (Å²) in [7, 11) is 1.50. The van der Waals surface area contributed by atoms with Crippen LogP contribution in [0.5, 0.6) is 17.2 Å². The van der Waals surface area contributed by atoms with Gasteiger partial charge in [-0.15, -0.1) is 0 Å². The average molecular weight is 428 g/mol. The summed E-state index contributed by atoms with van der Waals surface area (Å²) < 4.78 is 24.7. The standard InChI is InChI=1S/C24H28O7/c1-5-29-23-11(2)12-8-9-24(3)19(12)21(30-23)18-15(31-24)7-6-13-17(18)16(28-4)10-14(20(13)25)22(26)27/h6-7,10-12,19,21,23,25H,5,8-9H2,1-4H3,(H,26,27)/t11-,12+,19+,21+,23-,24+/m1/s1. The highest BCUT2D eigenvalue weighted by molar-refractivity contribution is 6.05. The van der Waals surface area contributed by atoms with Gasteiger partial charge in [-0.1, -0.05) is 6.92 Å². The van der Waals surface area contributed by atoms with Crippen LogP contribution in [0.3, 0.4) is 0 Å². The zero-order valence-corrected chi connectivity index (χ0v) is 18.2. The van der Waals surface area contributed by atoms with Crippen molar-refractivity contribution in [3.8, 4) is 17.2 Å². The number of phenols is 1. The van der Waals surface area contributed by atoms with E-state index >= 15 is 0 Å². The molecule has 2 aromatic carbocycles. The fraction of sp³-hybridized carbons (Fsp3) is 0.542. The molecule has 3 aliphatic rings. The minimum atomic E-state index is -1.21. The van der Waals surface area contributed by atoms with Gasteiger partial charge < -0.3 is 29.2 Å². The first-order chi connectivity index (χ1) is 14.8. The van der Waals surface area contributed by atoms with Crippen molar-refractivity contribution >= 4 is 16.7 Å². The van der Waals surface area contributed by atoms with Crippen LogP contribution in [0.2, 0.25) is 0 Å². The predicted molar refractivity (Wildman–Crippen MR) is 113 cm³/mol. The third-order valence-corrected chi connectivity index (χ3v) is 7.50. The molecular weight excluding hydrogens is 400 g/mol. The quantitative estimate of drug-likeness (QED) is 0.740. The normalized spacial score (nSPS) is 33.5. The summed E-state index contributed by atoms with van der Waals surface area (Å²) in [5.41, 5.74) is 0.250. The van der Waals surface area contributed by atoms with E-state index in [4.69, 9.17) is 18.9 Å². The molecule has 31 heavy (non-hydrogen) atoms. The lowest BCUT2D eigenvalue weighted by Crippen LogP contribution is -2.52. The first kappa shape index (κ1) is 20.4. The largest absolute Gasteiger partial charge is 0.506 e. The maximum absolute atomic E-state index is 11.7. The maximum atomic E-state index is 11.7. The van der Waals surface area contributed by atoms with Crippen LogP contribution in [0, 0.1) is 17.8 Å². The number of hydrogen-bond acceptors (Lipinski definition) is 6. The van der Waals surface area contributed by atoms with E-state index in [1.807, 2.05) is 6.92 Å². The van der Waals surface area contributed by atoms with Gasteiger partial charge in [-0.3, -0.25) is 0 Å². The summed E-state index contributed by atoms with van der Waals surface area (Å²) in [6, 6.07) is 4.86. The third-order valence-electron chi connectivity index (χ3n) is 7.50. The lowest BCUT2D eigenvalue weighted by molar-refractivity contribution is -0.267. The Kier molecular flexibility index (Phi) is 4.61. The van der Waals surface area contributed by atoms with Crippen molar-refractivity contribution in [3.63, 3.8) is 0 Å². The Morgan fingerprint density at radius 3 is 2.81 bits per heavy atom. The first-order valence-electron chi connectivity index (χ1n) is 10.9. The van der Waals surface area contributed by atoms with Gasteiger partial charge in [-0.25, -0.2) is 4.79 Å². The molecule has 1 aliphatic carbocycles. The topological polar surface area (TPSA) is 94.5 Å². The number of aromatic hydroxyl groups is 1. The number of carboxylic acid groups (broad SMARTS) is 1. The van der Waals surface area contributed by atoms with Crippen molar-refractivity contribution in [1.82, 2.24) is 0 Å². The Balaban J connectivity index is 1.78. The number of carboxylic acids is 1. The fourth-order valence-corrected chi connectivity index (χ4v) is 6.09. The molecule has 1 saturated heterocycles. The van der Waals surface area contributed by atoms with Crippen molar-refractivity contribution in [2.24, 2.45) is 17.8 Å². The molecule has 6 atom stereocenters. The van der Waals surface area contributed by atoms with Gasteiger partial charge in [0.1, 0.15) is 28.4 Å². The van der Waals surface area contributed by atoms with Gasteiger partial charge in [0.25, 0.3) is 0 Å². The fourth-order valence-electron chi connectivity index (χ4n) is 6.09. The zero-order valence-electron chi connectivity index (χ0n) is 18.2. The molecule has 0 bridgehead atoms. The van der Waals surface area contributed by atoms with Crippen molar-refractivity contribution in [2.75, 3.05) is 13.7 Å². The molecule has 0 unspecified atom stereocenters. The number of fused-ring (bicyclic) bond motifs is 4. The average Bonchev–Trinajstić information content (AvgIpc) is 3.09. The minimum absolute atomic E-state index is 0.128. The summed E-state index contributed by atoms with van der Waals surface area (Å²) in [4.78, 5) is 11.7. The van der Waals surface area contributed by atoms with Crippen LogP contribution in [0.4, 0.5) is 0 Å². The number of aromatic carboxylic acids is 1. The molecule has 1 saturated carbocycles. The van der Waals surface area contributed by atoms with E-state index in [0.29, 0.717) is 34.8 Å². The third kappa shape index (κ3) is 2.76. The van der Waals surface area contributed by atoms with Crippen molar-refractivity contribution in [3.05, 3.63) is 29.3 Å². The number of hydrogen-bond donors (Lipinski definition) is 2. The van der Waals surface area contributed by atoms with Crippen LogP contribution in [0.15, 0.2) is 18.2 Å². The molecular formula is C24H28O7. The molecule has 2 heterocycles. The van der Waals surface area contributed by atoms with Gasteiger partial charge in [0.2, 0.25) is 0 Å². The smallest absolute Gasteiger partial charge is 0.339 e. The lowest BCUT2D eigenvalue weighted by atomic mass is 9.70. The summed E-state index contributed by atoms with van der Waals surface area (Å²) in [6.07, 6.45) is 1.33. The second-order valence-electron chi connectivity index (χ2n) is 9.06. The Morgan fingerprint density at radius 2 is 2.13 bits per heavy atom. The highest BCUT2D eigenvalue weighted by Crippen LogP contribution is 2.62. The van der Waals surface area contributed by atoms with E-state index in [2.05, 4.69) is 13.8 Å². The zero-order chi connectivity index (χ0) is 22.1. The number of carbonyl (C=O) groups is 1. The molecule has 0 spiro atoms. The number of benzene rings is 2. The van der Waals surface area contributed by atoms with Gasteiger partial charge >= 0.3 is 5.97 Å². The number of rotatable bonds is 4. The Hall–Kier alpha value is -2.51. The Morgan fingerprint density at radius 1 is 1.35 bits per heavy atom. The number of ether oxygens (including phenoxy) is 4. The van der Waals surface area contributed by atoms with Crippen molar-refractivity contribution < 1.29 is 34.0 Å². The van der Waals surface area contributed by atoms with Gasteiger partial charge in [-0.05, 0) is 50.8 Å². The van der Waals surface area contributed by atoms with E-state index in [-0.39, 0.29) is 41.1 Å². The SMILES string of the molecule is CCO[C@@H]1O[C@H]2c3c(ccc4c(O)c(C(=O)O)cc(OC)c34)O[C@@]3(C)CC[C@@H]([C@H]1C)[C@@H]23. The minimum Gasteiger partial charge on any atom is -0.506 e. The number of methoxy groups -OCH3 is 1. The summed E-state index contributed by atoms with van der Waals surface area (Å²) in [6.45, 7) is 6.85. The summed E-state index contributed by atoms with van der Waals surface area (Å²) >= 11 is 0. The molecule has 0 aromatic heterocycles. The maximum Gasteiger partial charge on any atom is 0.339 e. The van der Waals surface area contributed by atoms with Crippen LogP contribution in [0.25, 0.3) is 10.8 Å². The molecule has 2 aromatic rings. The van der Waals surface area contributed by atoms with E-state index < -0.39 is 5.97 Å². The monoisotopic (exact) mass is 428 g/mol. The van der Waals surface area contributed by atoms with E-state index in [1.165, 1.54) is 13.2 Å². The van der Waals surface area contributed by atoms with E-state index in [9.17, 15) is 15.0 Å². The highest BCUT2D eigenvalue weighted by Gasteiger charge is 2.60. The molecule has 2 aliphatic heterocycles.